The summed E-state index contributed by atoms with van der Waals surface area (Å²) in [6.07, 6.45) is -1.16. The van der Waals surface area contributed by atoms with Crippen LogP contribution in [0.1, 0.15) is 52.3 Å². The number of nitrogens with zero attached hydrogens (tertiary/aromatic N) is 4. The van der Waals surface area contributed by atoms with Crippen molar-refractivity contribution >= 4 is 17.9 Å². The van der Waals surface area contributed by atoms with Gasteiger partial charge in [0.1, 0.15) is 5.75 Å². The first kappa shape index (κ1) is 35.7. The predicted octanol–water partition coefficient (Wildman–Crippen LogP) is 7.46. The zero-order valence-corrected chi connectivity index (χ0v) is 26.9. The number of aliphatic imine (C=N–C) groups is 1. The van der Waals surface area contributed by atoms with Crippen molar-refractivity contribution in [2.75, 3.05) is 13.2 Å². The summed E-state index contributed by atoms with van der Waals surface area (Å²) < 4.78 is 51.4. The Morgan fingerprint density at radius 1 is 1.02 bits per heavy atom. The summed E-state index contributed by atoms with van der Waals surface area (Å²) >= 11 is 0. The molecule has 50 heavy (non-hydrogen) atoms. The third kappa shape index (κ3) is 8.88. The number of carbonyl (C=O) groups is 1. The summed E-state index contributed by atoms with van der Waals surface area (Å²) in [5.74, 6) is 0.227. The molecule has 1 aliphatic rings. The second-order valence-electron chi connectivity index (χ2n) is 11.4. The van der Waals surface area contributed by atoms with Crippen LogP contribution in [0.4, 0.5) is 13.2 Å². The Morgan fingerprint density at radius 2 is 1.74 bits per heavy atom. The fourth-order valence-corrected chi connectivity index (χ4v) is 5.42. The van der Waals surface area contributed by atoms with Crippen LogP contribution in [0.3, 0.4) is 0 Å². The number of carbonyl (C=O) groups excluding carboxylic acids is 1. The van der Waals surface area contributed by atoms with Crippen LogP contribution in [0.5, 0.6) is 5.75 Å². The van der Waals surface area contributed by atoms with Crippen LogP contribution in [0.2, 0.25) is 0 Å². The minimum atomic E-state index is -4.46. The Balaban J connectivity index is 1.51. The second-order valence-corrected chi connectivity index (χ2v) is 11.4. The average molecular weight is 685 g/mol. The average Bonchev–Trinajstić information content (AvgIpc) is 3.52. The summed E-state index contributed by atoms with van der Waals surface area (Å²) in [4.78, 5) is 22.3. The second kappa shape index (κ2) is 16.7. The van der Waals surface area contributed by atoms with Crippen molar-refractivity contribution in [3.05, 3.63) is 153 Å². The number of rotatable bonds is 15. The number of hydrogen-bond donors (Lipinski definition) is 3. The number of hydrogen-bond acceptors (Lipinski definition) is 7. The molecule has 0 aliphatic carbocycles. The SMILES string of the molecule is [N-]=[N+]=NCc1ccccc1[C@@H]1OC(c2ccc(OCCCO)cc2)=N[C@]1(C/C=C/c1ccccc1)C(=O)NNCc1ccc(C(F)(F)F)cc1. The zero-order chi connectivity index (χ0) is 35.4. The molecule has 1 heterocycles. The van der Waals surface area contributed by atoms with Gasteiger partial charge in [0.15, 0.2) is 11.6 Å². The number of aliphatic hydroxyl groups is 1. The molecule has 1 aliphatic heterocycles. The molecule has 0 saturated carbocycles. The highest BCUT2D eigenvalue weighted by molar-refractivity contribution is 6.01. The highest BCUT2D eigenvalue weighted by Crippen LogP contribution is 2.44. The lowest BCUT2D eigenvalue weighted by atomic mass is 9.82. The monoisotopic (exact) mass is 684 g/mol. The van der Waals surface area contributed by atoms with Crippen molar-refractivity contribution in [2.24, 2.45) is 10.1 Å². The largest absolute Gasteiger partial charge is 0.494 e. The van der Waals surface area contributed by atoms with E-state index in [-0.39, 0.29) is 32.0 Å². The molecule has 0 radical (unpaired) electrons. The maximum absolute atomic E-state index is 14.4. The predicted molar refractivity (Wildman–Crippen MR) is 183 cm³/mol. The molecular formula is C37H35F3N6O4. The van der Waals surface area contributed by atoms with Crippen molar-refractivity contribution in [3.63, 3.8) is 0 Å². The summed E-state index contributed by atoms with van der Waals surface area (Å²) in [6, 6.07) is 28.3. The van der Waals surface area contributed by atoms with E-state index in [9.17, 15) is 18.0 Å². The summed E-state index contributed by atoms with van der Waals surface area (Å²) in [6.45, 7) is 0.389. The van der Waals surface area contributed by atoms with Crippen LogP contribution >= 0.6 is 0 Å². The first-order valence-electron chi connectivity index (χ1n) is 15.8. The minimum absolute atomic E-state index is 0.00542. The standard InChI is InChI=1S/C37H35F3N6O4/c38-37(39,40)30-17-13-27(14-18-30)24-42-45-35(48)36(21-6-10-26-8-2-1-3-9-26)33(32-12-5-4-11-29(32)25-43-46-41)50-34(44-36)28-15-19-31(20-16-28)49-23-7-22-47/h1-6,8-20,33,42,47H,7,21-25H2,(H,45,48)/b10-6+/t33-,36-/m0/s1. The number of halogens is 3. The number of benzene rings is 4. The first-order valence-corrected chi connectivity index (χ1v) is 15.8. The molecule has 3 N–H and O–H groups in total. The van der Waals surface area contributed by atoms with Gasteiger partial charge in [-0.05, 0) is 64.2 Å². The molecule has 10 nitrogen and oxygen atoms in total. The molecule has 2 atom stereocenters. The van der Waals surface area contributed by atoms with Crippen LogP contribution in [0.25, 0.3) is 16.5 Å². The lowest BCUT2D eigenvalue weighted by Gasteiger charge is -2.31. The number of alkyl halides is 3. The van der Waals surface area contributed by atoms with Gasteiger partial charge in [0.2, 0.25) is 5.90 Å². The summed E-state index contributed by atoms with van der Waals surface area (Å²) in [5.41, 5.74) is 15.5. The summed E-state index contributed by atoms with van der Waals surface area (Å²) in [7, 11) is 0. The van der Waals surface area contributed by atoms with E-state index in [4.69, 9.17) is 25.1 Å². The zero-order valence-electron chi connectivity index (χ0n) is 26.9. The number of ether oxygens (including phenoxy) is 2. The van der Waals surface area contributed by atoms with Crippen molar-refractivity contribution in [3.8, 4) is 5.75 Å². The third-order valence-electron chi connectivity index (χ3n) is 7.99. The van der Waals surface area contributed by atoms with Gasteiger partial charge in [-0.2, -0.15) is 13.2 Å². The van der Waals surface area contributed by atoms with Gasteiger partial charge in [-0.1, -0.05) is 84.0 Å². The van der Waals surface area contributed by atoms with Gasteiger partial charge in [-0.15, -0.1) is 0 Å². The maximum atomic E-state index is 14.4. The van der Waals surface area contributed by atoms with Gasteiger partial charge in [-0.25, -0.2) is 10.4 Å². The first-order chi connectivity index (χ1) is 24.2. The van der Waals surface area contributed by atoms with E-state index in [1.807, 2.05) is 42.5 Å². The van der Waals surface area contributed by atoms with Gasteiger partial charge in [-0.3, -0.25) is 10.2 Å². The molecule has 5 rings (SSSR count). The lowest BCUT2D eigenvalue weighted by molar-refractivity contribution is -0.137. The minimum Gasteiger partial charge on any atom is -0.494 e. The van der Waals surface area contributed by atoms with Crippen molar-refractivity contribution in [2.45, 2.75) is 43.8 Å². The lowest BCUT2D eigenvalue weighted by Crippen LogP contribution is -2.52. The van der Waals surface area contributed by atoms with E-state index >= 15 is 0 Å². The summed E-state index contributed by atoms with van der Waals surface area (Å²) in [5, 5.41) is 12.8. The van der Waals surface area contributed by atoms with E-state index in [0.717, 1.165) is 17.7 Å². The van der Waals surface area contributed by atoms with Gasteiger partial charge in [0.05, 0.1) is 18.7 Å². The Labute approximate surface area is 286 Å². The topological polar surface area (TPSA) is 141 Å². The van der Waals surface area contributed by atoms with Gasteiger partial charge < -0.3 is 14.6 Å². The molecule has 13 heteroatoms. The van der Waals surface area contributed by atoms with E-state index in [0.29, 0.717) is 41.0 Å². The van der Waals surface area contributed by atoms with Gasteiger partial charge in [0.25, 0.3) is 5.91 Å². The third-order valence-corrected chi connectivity index (χ3v) is 7.99. The molecule has 0 aromatic heterocycles. The van der Waals surface area contributed by atoms with Crippen molar-refractivity contribution in [1.29, 1.82) is 0 Å². The Morgan fingerprint density at radius 3 is 2.44 bits per heavy atom. The molecule has 0 spiro atoms. The maximum Gasteiger partial charge on any atom is 0.416 e. The Kier molecular flexibility index (Phi) is 11.9. The molecule has 0 unspecified atom stereocenters. The fourth-order valence-electron chi connectivity index (χ4n) is 5.42. The van der Waals surface area contributed by atoms with Crippen LogP contribution in [-0.2, 0) is 28.8 Å². The highest BCUT2D eigenvalue weighted by Gasteiger charge is 2.53. The number of amides is 1. The van der Waals surface area contributed by atoms with Crippen LogP contribution in [-0.4, -0.2) is 35.7 Å². The molecular weight excluding hydrogens is 649 g/mol. The molecule has 0 saturated heterocycles. The Bertz CT molecular complexity index is 1840. The van der Waals surface area contributed by atoms with Gasteiger partial charge >= 0.3 is 6.18 Å². The van der Waals surface area contributed by atoms with Crippen LogP contribution in [0.15, 0.2) is 119 Å². The quantitative estimate of drug-likeness (QED) is 0.0392. The Hall–Kier alpha value is -5.62. The van der Waals surface area contributed by atoms with E-state index in [1.54, 1.807) is 48.5 Å². The van der Waals surface area contributed by atoms with Crippen molar-refractivity contribution < 1.29 is 32.5 Å². The molecule has 4 aromatic carbocycles. The number of hydrazine groups is 1. The highest BCUT2D eigenvalue weighted by atomic mass is 19.4. The molecule has 258 valence electrons. The smallest absolute Gasteiger partial charge is 0.416 e. The molecule has 4 aromatic rings. The molecule has 1 amide bonds. The van der Waals surface area contributed by atoms with Crippen molar-refractivity contribution in [1.82, 2.24) is 10.9 Å². The van der Waals surface area contributed by atoms with E-state index in [1.165, 1.54) is 12.1 Å². The number of azide groups is 1. The molecule has 0 fully saturated rings. The fraction of sp³-hybridized carbons (Fsp3) is 0.243. The molecule has 0 bridgehead atoms. The van der Waals surface area contributed by atoms with Crippen LogP contribution in [0, 0.1) is 0 Å². The van der Waals surface area contributed by atoms with Gasteiger partial charge in [0, 0.05) is 36.5 Å². The van der Waals surface area contributed by atoms with E-state index < -0.39 is 29.3 Å². The number of nitrogens with one attached hydrogen (secondary N) is 2. The van der Waals surface area contributed by atoms with Crippen LogP contribution < -0.4 is 15.6 Å². The normalized spacial score (nSPS) is 17.1. The number of aliphatic hydroxyl groups excluding tert-OH is 1. The van der Waals surface area contributed by atoms with E-state index in [2.05, 4.69) is 20.9 Å².